The quantitative estimate of drug-likeness (QED) is 0.109. The Labute approximate surface area is 300 Å². The maximum absolute atomic E-state index is 11.6. The predicted molar refractivity (Wildman–Crippen MR) is 206 cm³/mol. The lowest BCUT2D eigenvalue weighted by molar-refractivity contribution is -0.138. The monoisotopic (exact) mass is 699 g/mol. The fraction of sp³-hybridized carbons (Fsp3) is 0.317. The van der Waals surface area contributed by atoms with E-state index in [0.29, 0.717) is 5.92 Å². The van der Waals surface area contributed by atoms with Crippen LogP contribution in [0.1, 0.15) is 83.1 Å². The molecule has 0 aliphatic heterocycles. The van der Waals surface area contributed by atoms with Crippen LogP contribution < -0.4 is 5.32 Å². The van der Waals surface area contributed by atoms with E-state index in [4.69, 9.17) is 15.3 Å². The van der Waals surface area contributed by atoms with Gasteiger partial charge in [-0.1, -0.05) is 115 Å². The molecule has 1 atom stereocenters. The molecule has 2 heterocycles. The summed E-state index contributed by atoms with van der Waals surface area (Å²) in [5.41, 5.74) is 7.05. The van der Waals surface area contributed by atoms with Gasteiger partial charge in [0.2, 0.25) is 5.91 Å². The average Bonchev–Trinajstić information content (AvgIpc) is 3.79. The molecule has 10 heteroatoms. The van der Waals surface area contributed by atoms with Crippen molar-refractivity contribution in [3.05, 3.63) is 114 Å². The van der Waals surface area contributed by atoms with Gasteiger partial charge in [-0.05, 0) is 40.0 Å². The highest BCUT2D eigenvalue weighted by molar-refractivity contribution is 5.92. The number of hydrogen-bond acceptors (Lipinski definition) is 4. The van der Waals surface area contributed by atoms with Crippen molar-refractivity contribution >= 4 is 51.2 Å². The molecule has 0 saturated carbocycles. The van der Waals surface area contributed by atoms with Gasteiger partial charge in [-0.15, -0.1) is 0 Å². The van der Waals surface area contributed by atoms with Gasteiger partial charge in [-0.25, -0.2) is 0 Å². The third kappa shape index (κ3) is 13.3. The topological polar surface area (TPSA) is 162 Å². The van der Waals surface area contributed by atoms with Gasteiger partial charge in [0.25, 0.3) is 0 Å². The lowest BCUT2D eigenvalue weighted by Crippen LogP contribution is -2.29. The van der Waals surface area contributed by atoms with Crippen LogP contribution in [0.5, 0.6) is 0 Å². The molecule has 10 nitrogen and oxygen atoms in total. The number of aliphatic carboxylic acids is 3. The molecule has 5 N–H and O–H groups in total. The number of para-hydroxylation sites is 2. The zero-order valence-electron chi connectivity index (χ0n) is 31.0. The van der Waals surface area contributed by atoms with E-state index in [9.17, 15) is 19.2 Å². The van der Waals surface area contributed by atoms with Crippen molar-refractivity contribution in [1.29, 1.82) is 0 Å². The van der Waals surface area contributed by atoms with Gasteiger partial charge >= 0.3 is 17.9 Å². The first kappa shape index (κ1) is 43.4. The molecule has 0 spiro atoms. The fourth-order valence-electron chi connectivity index (χ4n) is 5.40. The van der Waals surface area contributed by atoms with Gasteiger partial charge in [0.15, 0.2) is 0 Å². The van der Waals surface area contributed by atoms with E-state index in [-0.39, 0.29) is 31.7 Å². The molecule has 51 heavy (non-hydrogen) atoms. The Morgan fingerprint density at radius 1 is 0.706 bits per heavy atom. The van der Waals surface area contributed by atoms with Gasteiger partial charge in [-0.3, -0.25) is 19.2 Å². The molecular formula is C41H53N3O7. The van der Waals surface area contributed by atoms with Crippen LogP contribution in [0.25, 0.3) is 27.4 Å². The number of carboxylic acid groups (broad SMARTS) is 3. The van der Waals surface area contributed by atoms with Gasteiger partial charge in [0.05, 0.1) is 19.3 Å². The Hall–Kier alpha value is -5.64. The number of aryl methyl sites for hydroxylation is 1. The Morgan fingerprint density at radius 3 is 1.88 bits per heavy atom. The molecule has 6 rings (SSSR count). The van der Waals surface area contributed by atoms with Crippen LogP contribution in [0, 0.1) is 0 Å². The summed E-state index contributed by atoms with van der Waals surface area (Å²) in [6.07, 6.45) is 6.07. The van der Waals surface area contributed by atoms with Crippen LogP contribution in [0.15, 0.2) is 91.3 Å². The van der Waals surface area contributed by atoms with Crippen LogP contribution in [0.4, 0.5) is 0 Å². The molecule has 0 fully saturated rings. The number of nitrogens with one attached hydrogen (secondary N) is 2. The summed E-state index contributed by atoms with van der Waals surface area (Å²) >= 11 is 0. The highest BCUT2D eigenvalue weighted by Gasteiger charge is 2.21. The standard InChI is InChI=1S/C14H15NO3.C11H11NO2.C10H9NO2.3C2H6/c1-9-6-10(7-13(16)15-8-14(17)18)12-5-3-2-4-11(9)12;1-12-7-8(6-11(13)14)9-4-2-3-5-10(9)12;12-10(13)5-7-6-11-9-4-2-1-3-8(7)9;3*1-2/h2-6,9H,7-8H2,1H3,(H,15,16)(H,17,18);2-5,7H,6H2,1H3,(H,13,14);1-4,6,11H,5H2,(H,12,13);3*1-2H3. The van der Waals surface area contributed by atoms with Crippen LogP contribution in [0.2, 0.25) is 0 Å². The largest absolute Gasteiger partial charge is 0.481 e. The van der Waals surface area contributed by atoms with Crippen molar-refractivity contribution in [3.63, 3.8) is 0 Å². The predicted octanol–water partition coefficient (Wildman–Crippen LogP) is 8.46. The molecular weight excluding hydrogens is 646 g/mol. The lowest BCUT2D eigenvalue weighted by Gasteiger charge is -2.06. The van der Waals surface area contributed by atoms with Crippen molar-refractivity contribution in [2.75, 3.05) is 6.54 Å². The Bertz CT molecular complexity index is 1880. The zero-order chi connectivity index (χ0) is 38.5. The Balaban J connectivity index is 0.000000360. The molecule has 1 aliphatic carbocycles. The number of hydrogen-bond donors (Lipinski definition) is 5. The van der Waals surface area contributed by atoms with E-state index in [1.807, 2.05) is 126 Å². The molecule has 0 bridgehead atoms. The minimum atomic E-state index is -1.03. The van der Waals surface area contributed by atoms with Crippen molar-refractivity contribution in [2.24, 2.45) is 7.05 Å². The van der Waals surface area contributed by atoms with Crippen LogP contribution >= 0.6 is 0 Å². The van der Waals surface area contributed by atoms with Crippen molar-refractivity contribution in [1.82, 2.24) is 14.9 Å². The summed E-state index contributed by atoms with van der Waals surface area (Å²) in [4.78, 5) is 46.1. The van der Waals surface area contributed by atoms with Crippen LogP contribution in [0.3, 0.4) is 0 Å². The SMILES string of the molecule is CC.CC.CC.CC1C=C(CC(=O)NCC(=O)O)c2ccccc21.Cn1cc(CC(=O)O)c2ccccc21.O=C(O)Cc1c[nH]c2ccccc12. The number of amides is 1. The molecule has 1 unspecified atom stereocenters. The normalized spacial score (nSPS) is 11.9. The number of carbonyl (C=O) groups excluding carboxylic acids is 1. The molecule has 5 aromatic rings. The number of carboxylic acids is 3. The first-order valence-corrected chi connectivity index (χ1v) is 17.3. The minimum Gasteiger partial charge on any atom is -0.481 e. The second-order valence-electron chi connectivity index (χ2n) is 10.7. The van der Waals surface area contributed by atoms with Gasteiger partial charge in [0, 0.05) is 47.2 Å². The number of aromatic amines is 1. The minimum absolute atomic E-state index is 0.0734. The molecule has 0 saturated heterocycles. The van der Waals surface area contributed by atoms with Gasteiger partial charge < -0.3 is 30.2 Å². The van der Waals surface area contributed by atoms with E-state index in [1.165, 1.54) is 5.56 Å². The molecule has 274 valence electrons. The van der Waals surface area contributed by atoms with E-state index in [1.54, 1.807) is 6.20 Å². The molecule has 1 aliphatic rings. The van der Waals surface area contributed by atoms with Gasteiger partial charge in [-0.2, -0.15) is 0 Å². The van der Waals surface area contributed by atoms with E-state index in [0.717, 1.165) is 44.1 Å². The van der Waals surface area contributed by atoms with Crippen LogP contribution in [-0.2, 0) is 39.1 Å². The van der Waals surface area contributed by atoms with Crippen molar-refractivity contribution < 1.29 is 34.5 Å². The number of rotatable bonds is 8. The molecule has 1 amide bonds. The third-order valence-electron chi connectivity index (χ3n) is 7.37. The third-order valence-corrected chi connectivity index (χ3v) is 7.37. The maximum Gasteiger partial charge on any atom is 0.322 e. The first-order chi connectivity index (χ1) is 24.5. The number of allylic oxidation sites excluding steroid dienone is 1. The maximum atomic E-state index is 11.6. The number of carbonyl (C=O) groups is 4. The van der Waals surface area contributed by atoms with E-state index >= 15 is 0 Å². The second kappa shape index (κ2) is 22.9. The second-order valence-corrected chi connectivity index (χ2v) is 10.7. The first-order valence-electron chi connectivity index (χ1n) is 17.3. The van der Waals surface area contributed by atoms with Crippen molar-refractivity contribution in [3.8, 4) is 0 Å². The summed E-state index contributed by atoms with van der Waals surface area (Å²) in [6, 6.07) is 23.5. The summed E-state index contributed by atoms with van der Waals surface area (Å²) in [7, 11) is 1.92. The summed E-state index contributed by atoms with van der Waals surface area (Å²) in [5, 5.41) is 30.2. The highest BCUT2D eigenvalue weighted by atomic mass is 16.4. The number of benzene rings is 3. The summed E-state index contributed by atoms with van der Waals surface area (Å²) < 4.78 is 1.95. The highest BCUT2D eigenvalue weighted by Crippen LogP contribution is 2.36. The fourth-order valence-corrected chi connectivity index (χ4v) is 5.40. The molecule has 2 aromatic heterocycles. The van der Waals surface area contributed by atoms with Crippen molar-refractivity contribution in [2.45, 2.75) is 73.6 Å². The smallest absolute Gasteiger partial charge is 0.322 e. The lowest BCUT2D eigenvalue weighted by atomic mass is 10.0. The zero-order valence-corrected chi connectivity index (χ0v) is 31.0. The molecule has 0 radical (unpaired) electrons. The van der Waals surface area contributed by atoms with Crippen LogP contribution in [-0.4, -0.2) is 55.2 Å². The van der Waals surface area contributed by atoms with Gasteiger partial charge in [0.1, 0.15) is 6.54 Å². The van der Waals surface area contributed by atoms with E-state index < -0.39 is 17.9 Å². The molecule has 3 aromatic carbocycles. The average molecular weight is 700 g/mol. The number of nitrogens with zero attached hydrogens (tertiary/aromatic N) is 1. The summed E-state index contributed by atoms with van der Waals surface area (Å²) in [6.45, 7) is 13.8. The number of H-pyrrole nitrogens is 1. The summed E-state index contributed by atoms with van der Waals surface area (Å²) in [5.74, 6) is -2.57. The number of aromatic nitrogens is 2. The Kier molecular flexibility index (Phi) is 19.5. The Morgan fingerprint density at radius 2 is 1.25 bits per heavy atom. The number of fused-ring (bicyclic) bond motifs is 3. The van der Waals surface area contributed by atoms with E-state index in [2.05, 4.69) is 29.4 Å².